The lowest BCUT2D eigenvalue weighted by atomic mass is 9.74. The van der Waals surface area contributed by atoms with Crippen LogP contribution in [0.5, 0.6) is 0 Å². The fourth-order valence-corrected chi connectivity index (χ4v) is 2.31. The van der Waals surface area contributed by atoms with E-state index in [1.807, 2.05) is 0 Å². The molecule has 0 aliphatic heterocycles. The molecule has 160 valence electrons. The van der Waals surface area contributed by atoms with E-state index in [1.165, 1.54) is 13.8 Å². The fraction of sp³-hybridized carbons (Fsp3) is 0.562. The van der Waals surface area contributed by atoms with E-state index in [9.17, 15) is 24.0 Å². The number of carboxylic acids is 5. The van der Waals surface area contributed by atoms with E-state index in [1.54, 1.807) is 0 Å². The number of aliphatic carboxylic acids is 5. The average molecular weight is 408 g/mol. The van der Waals surface area contributed by atoms with Gasteiger partial charge in [-0.05, 0) is 26.2 Å². The highest BCUT2D eigenvalue weighted by Crippen LogP contribution is 2.32. The summed E-state index contributed by atoms with van der Waals surface area (Å²) in [7, 11) is 0. The van der Waals surface area contributed by atoms with Crippen LogP contribution in [-0.2, 0) is 24.0 Å². The van der Waals surface area contributed by atoms with Gasteiger partial charge in [-0.1, -0.05) is 12.5 Å². The van der Waals surface area contributed by atoms with E-state index in [0.29, 0.717) is 18.4 Å². The number of aliphatic hydroxyl groups excluding tert-OH is 2. The van der Waals surface area contributed by atoms with Gasteiger partial charge < -0.3 is 35.7 Å². The van der Waals surface area contributed by atoms with E-state index in [2.05, 4.69) is 0 Å². The fourth-order valence-electron chi connectivity index (χ4n) is 2.31. The van der Waals surface area contributed by atoms with Gasteiger partial charge in [0.05, 0.1) is 5.92 Å². The molecular weight excluding hydrogens is 384 g/mol. The summed E-state index contributed by atoms with van der Waals surface area (Å²) in [5.74, 6) is -11.4. The summed E-state index contributed by atoms with van der Waals surface area (Å²) >= 11 is 0. The first-order chi connectivity index (χ1) is 12.9. The number of carbonyl (C=O) groups is 5. The van der Waals surface area contributed by atoms with Crippen LogP contribution >= 0.6 is 0 Å². The molecule has 0 fully saturated rings. The van der Waals surface area contributed by atoms with Crippen molar-refractivity contribution in [2.24, 2.45) is 11.3 Å². The molecule has 0 heterocycles. The quantitative estimate of drug-likeness (QED) is 0.169. The summed E-state index contributed by atoms with van der Waals surface area (Å²) in [6.07, 6.45) is 0.206. The van der Waals surface area contributed by atoms with Crippen molar-refractivity contribution < 1.29 is 59.7 Å². The normalized spacial score (nSPS) is 11.4. The number of hydrogen-bond acceptors (Lipinski definition) is 7. The molecule has 12 heteroatoms. The van der Waals surface area contributed by atoms with Crippen molar-refractivity contribution in [2.45, 2.75) is 33.1 Å². The number of hydrogen-bond donors (Lipinski definition) is 7. The highest BCUT2D eigenvalue weighted by Gasteiger charge is 2.62. The molecular formula is C16H24O12. The monoisotopic (exact) mass is 408 g/mol. The summed E-state index contributed by atoms with van der Waals surface area (Å²) < 4.78 is 0. The maximum Gasteiger partial charge on any atom is 0.333 e. The lowest BCUT2D eigenvalue weighted by Gasteiger charge is -2.25. The van der Waals surface area contributed by atoms with Gasteiger partial charge in [0.2, 0.25) is 0 Å². The Kier molecular flexibility index (Phi) is 12.1. The molecule has 0 amide bonds. The molecule has 12 nitrogen and oxygen atoms in total. The first-order valence-corrected chi connectivity index (χ1v) is 7.92. The van der Waals surface area contributed by atoms with E-state index in [4.69, 9.17) is 35.7 Å². The number of aliphatic hydroxyl groups is 2. The van der Waals surface area contributed by atoms with Crippen LogP contribution in [0.1, 0.15) is 33.1 Å². The summed E-state index contributed by atoms with van der Waals surface area (Å²) in [5, 5.41) is 60.5. The van der Waals surface area contributed by atoms with Crippen LogP contribution in [0.3, 0.4) is 0 Å². The van der Waals surface area contributed by atoms with Crippen LogP contribution in [0.4, 0.5) is 0 Å². The minimum atomic E-state index is -3.36. The largest absolute Gasteiger partial charge is 0.481 e. The van der Waals surface area contributed by atoms with Gasteiger partial charge in [0.1, 0.15) is 0 Å². The topological polar surface area (TPSA) is 227 Å². The SMILES string of the molecule is CC(C(=O)O)=C(CCO)CCO.CCC(C(=O)O)C(C(=O)O)(C(=O)O)C(=O)O. The molecule has 0 aromatic heterocycles. The highest BCUT2D eigenvalue weighted by molar-refractivity contribution is 6.18. The van der Waals surface area contributed by atoms with Gasteiger partial charge in [-0.15, -0.1) is 0 Å². The van der Waals surface area contributed by atoms with Crippen molar-refractivity contribution >= 4 is 29.8 Å². The Labute approximate surface area is 159 Å². The van der Waals surface area contributed by atoms with Gasteiger partial charge in [-0.2, -0.15) is 0 Å². The number of rotatable bonds is 11. The van der Waals surface area contributed by atoms with Gasteiger partial charge in [0.25, 0.3) is 5.41 Å². The third kappa shape index (κ3) is 6.63. The summed E-state index contributed by atoms with van der Waals surface area (Å²) in [5.41, 5.74) is -2.54. The maximum absolute atomic E-state index is 10.8. The van der Waals surface area contributed by atoms with E-state index < -0.39 is 47.6 Å². The molecule has 0 aromatic rings. The molecule has 0 saturated carbocycles. The Morgan fingerprint density at radius 2 is 1.14 bits per heavy atom. The Morgan fingerprint density at radius 1 is 0.786 bits per heavy atom. The Balaban J connectivity index is 0. The minimum Gasteiger partial charge on any atom is -0.481 e. The molecule has 0 aliphatic rings. The molecule has 0 spiro atoms. The standard InChI is InChI=1S/C8H10O8.C8H14O4/c1-2-3(4(9)10)8(5(11)12,6(13)14)7(15)16;1-6(8(11)12)7(2-4-9)3-5-10/h3H,2H2,1H3,(H,9,10)(H,11,12)(H,13,14)(H,15,16);9-10H,2-5H2,1H3,(H,11,12). The van der Waals surface area contributed by atoms with Crippen molar-refractivity contribution in [3.05, 3.63) is 11.1 Å². The van der Waals surface area contributed by atoms with E-state index in [0.717, 1.165) is 0 Å². The third-order valence-corrected chi connectivity index (χ3v) is 3.92. The van der Waals surface area contributed by atoms with Crippen molar-refractivity contribution in [1.82, 2.24) is 0 Å². The van der Waals surface area contributed by atoms with Crippen LogP contribution in [0.15, 0.2) is 11.1 Å². The maximum atomic E-state index is 10.8. The molecule has 0 radical (unpaired) electrons. The molecule has 0 saturated heterocycles. The average Bonchev–Trinajstić information content (AvgIpc) is 2.57. The second-order valence-electron chi connectivity index (χ2n) is 5.50. The first kappa shape index (κ1) is 27.2. The predicted octanol–water partition coefficient (Wildman–Crippen LogP) is -0.510. The lowest BCUT2D eigenvalue weighted by molar-refractivity contribution is -0.185. The van der Waals surface area contributed by atoms with Crippen LogP contribution in [0.25, 0.3) is 0 Å². The van der Waals surface area contributed by atoms with Gasteiger partial charge in [-0.3, -0.25) is 19.2 Å². The summed E-state index contributed by atoms with van der Waals surface area (Å²) in [4.78, 5) is 53.5. The van der Waals surface area contributed by atoms with E-state index >= 15 is 0 Å². The van der Waals surface area contributed by atoms with Crippen molar-refractivity contribution in [2.75, 3.05) is 13.2 Å². The molecule has 0 aromatic carbocycles. The smallest absolute Gasteiger partial charge is 0.333 e. The molecule has 1 atom stereocenters. The Morgan fingerprint density at radius 3 is 1.29 bits per heavy atom. The van der Waals surface area contributed by atoms with Crippen LogP contribution in [0, 0.1) is 11.3 Å². The Hall–Kier alpha value is -2.99. The van der Waals surface area contributed by atoms with Crippen LogP contribution in [0.2, 0.25) is 0 Å². The van der Waals surface area contributed by atoms with E-state index in [-0.39, 0.29) is 18.8 Å². The summed E-state index contributed by atoms with van der Waals surface area (Å²) in [6, 6.07) is 0. The zero-order valence-electron chi connectivity index (χ0n) is 15.3. The zero-order chi connectivity index (χ0) is 22.7. The molecule has 0 bridgehead atoms. The van der Waals surface area contributed by atoms with Crippen molar-refractivity contribution in [3.8, 4) is 0 Å². The predicted molar refractivity (Wildman–Crippen MR) is 90.5 cm³/mol. The molecule has 1 unspecified atom stereocenters. The van der Waals surface area contributed by atoms with Gasteiger partial charge in [0.15, 0.2) is 0 Å². The zero-order valence-corrected chi connectivity index (χ0v) is 15.3. The van der Waals surface area contributed by atoms with Crippen LogP contribution < -0.4 is 0 Å². The number of carboxylic acid groups (broad SMARTS) is 5. The third-order valence-electron chi connectivity index (χ3n) is 3.92. The second kappa shape index (κ2) is 12.4. The second-order valence-corrected chi connectivity index (χ2v) is 5.50. The van der Waals surface area contributed by atoms with Gasteiger partial charge >= 0.3 is 29.8 Å². The lowest BCUT2D eigenvalue weighted by Crippen LogP contribution is -2.54. The molecule has 7 N–H and O–H groups in total. The molecule has 0 aliphatic carbocycles. The highest BCUT2D eigenvalue weighted by atomic mass is 16.4. The van der Waals surface area contributed by atoms with Gasteiger partial charge in [0, 0.05) is 18.8 Å². The minimum absolute atomic E-state index is 0.0834. The van der Waals surface area contributed by atoms with Crippen LogP contribution in [-0.4, -0.2) is 78.8 Å². The Bertz CT molecular complexity index is 589. The molecule has 0 rings (SSSR count). The van der Waals surface area contributed by atoms with Crippen molar-refractivity contribution in [3.63, 3.8) is 0 Å². The van der Waals surface area contributed by atoms with Crippen molar-refractivity contribution in [1.29, 1.82) is 0 Å². The summed E-state index contributed by atoms with van der Waals surface area (Å²) in [6.45, 7) is 2.51. The van der Waals surface area contributed by atoms with Gasteiger partial charge in [-0.25, -0.2) is 4.79 Å². The first-order valence-electron chi connectivity index (χ1n) is 7.92. The molecule has 28 heavy (non-hydrogen) atoms.